The van der Waals surface area contributed by atoms with Crippen molar-refractivity contribution in [1.82, 2.24) is 19.4 Å². The van der Waals surface area contributed by atoms with E-state index in [2.05, 4.69) is 38.7 Å². The molecule has 0 spiro atoms. The summed E-state index contributed by atoms with van der Waals surface area (Å²) in [4.78, 5) is 11.8. The third-order valence-electron chi connectivity index (χ3n) is 5.95. The number of methoxy groups -OCH3 is 1. The number of rotatable bonds is 4. The van der Waals surface area contributed by atoms with Gasteiger partial charge in [0, 0.05) is 44.4 Å². The van der Waals surface area contributed by atoms with Crippen molar-refractivity contribution in [2.24, 2.45) is 11.8 Å². The van der Waals surface area contributed by atoms with E-state index in [1.807, 2.05) is 30.6 Å². The van der Waals surface area contributed by atoms with Gasteiger partial charge in [-0.1, -0.05) is 6.07 Å². The van der Waals surface area contributed by atoms with Crippen molar-refractivity contribution in [2.75, 3.05) is 20.2 Å². The molecule has 1 aromatic carbocycles. The molecule has 27 heavy (non-hydrogen) atoms. The van der Waals surface area contributed by atoms with Gasteiger partial charge in [-0.2, -0.15) is 0 Å². The van der Waals surface area contributed by atoms with E-state index in [0.29, 0.717) is 11.8 Å². The summed E-state index contributed by atoms with van der Waals surface area (Å²) in [6.07, 6.45) is 4.98. The van der Waals surface area contributed by atoms with Gasteiger partial charge in [-0.05, 0) is 48.2 Å². The minimum absolute atomic E-state index is 0.687. The number of imidazole rings is 1. The van der Waals surface area contributed by atoms with Gasteiger partial charge in [0.2, 0.25) is 0 Å². The molecule has 1 saturated heterocycles. The highest BCUT2D eigenvalue weighted by Gasteiger charge is 2.37. The van der Waals surface area contributed by atoms with E-state index in [1.165, 1.54) is 17.1 Å². The molecule has 1 fully saturated rings. The Morgan fingerprint density at radius 2 is 1.85 bits per heavy atom. The smallest absolute Gasteiger partial charge is 0.118 e. The van der Waals surface area contributed by atoms with Gasteiger partial charge in [0.05, 0.1) is 24.7 Å². The zero-order chi connectivity index (χ0) is 18.2. The van der Waals surface area contributed by atoms with Crippen LogP contribution in [0, 0.1) is 11.8 Å². The van der Waals surface area contributed by atoms with Crippen molar-refractivity contribution >= 4 is 0 Å². The molecule has 2 atom stereocenters. The Morgan fingerprint density at radius 1 is 1.00 bits per heavy atom. The van der Waals surface area contributed by atoms with Crippen LogP contribution in [0.1, 0.15) is 11.5 Å². The van der Waals surface area contributed by atoms with Crippen molar-refractivity contribution in [3.8, 4) is 17.0 Å². The highest BCUT2D eigenvalue weighted by Crippen LogP contribution is 2.36. The SMILES string of the molecule is COc1ccc(-c2cnc3n2CC2CN(Cc4ccccn4)CC2C3)cc1. The second kappa shape index (κ2) is 6.82. The topological polar surface area (TPSA) is 43.2 Å². The lowest BCUT2D eigenvalue weighted by molar-refractivity contribution is 0.304. The number of hydrogen-bond donors (Lipinski definition) is 0. The molecule has 0 bridgehead atoms. The Hall–Kier alpha value is -2.66. The summed E-state index contributed by atoms with van der Waals surface area (Å²) in [5, 5.41) is 0. The fourth-order valence-corrected chi connectivity index (χ4v) is 4.57. The lowest BCUT2D eigenvalue weighted by Crippen LogP contribution is -2.28. The molecule has 0 aliphatic carbocycles. The molecule has 3 aromatic rings. The minimum atomic E-state index is 0.687. The molecule has 0 amide bonds. The second-order valence-electron chi connectivity index (χ2n) is 7.64. The van der Waals surface area contributed by atoms with Crippen LogP contribution in [0.25, 0.3) is 11.3 Å². The molecular weight excluding hydrogens is 336 g/mol. The van der Waals surface area contributed by atoms with Gasteiger partial charge in [0.15, 0.2) is 0 Å². The third kappa shape index (κ3) is 3.12. The lowest BCUT2D eigenvalue weighted by atomic mass is 9.89. The van der Waals surface area contributed by atoms with Crippen LogP contribution < -0.4 is 4.74 Å². The van der Waals surface area contributed by atoms with Gasteiger partial charge >= 0.3 is 0 Å². The summed E-state index contributed by atoms with van der Waals surface area (Å²) in [5.41, 5.74) is 3.58. The molecule has 0 N–H and O–H groups in total. The average Bonchev–Trinajstić information content (AvgIpc) is 3.29. The van der Waals surface area contributed by atoms with E-state index in [0.717, 1.165) is 44.0 Å². The first-order chi connectivity index (χ1) is 13.3. The number of pyridine rings is 1. The van der Waals surface area contributed by atoms with Crippen molar-refractivity contribution in [2.45, 2.75) is 19.5 Å². The Balaban J connectivity index is 1.33. The number of benzene rings is 1. The summed E-state index contributed by atoms with van der Waals surface area (Å²) < 4.78 is 7.71. The maximum Gasteiger partial charge on any atom is 0.118 e. The fraction of sp³-hybridized carbons (Fsp3) is 0.364. The quantitative estimate of drug-likeness (QED) is 0.716. The number of aromatic nitrogens is 3. The van der Waals surface area contributed by atoms with Crippen LogP contribution in [0.2, 0.25) is 0 Å². The Labute approximate surface area is 159 Å². The van der Waals surface area contributed by atoms with Crippen molar-refractivity contribution in [1.29, 1.82) is 0 Å². The van der Waals surface area contributed by atoms with E-state index in [1.54, 1.807) is 7.11 Å². The van der Waals surface area contributed by atoms with Crippen molar-refractivity contribution < 1.29 is 4.74 Å². The summed E-state index contributed by atoms with van der Waals surface area (Å²) in [7, 11) is 1.70. The number of likely N-dealkylation sites (tertiary alicyclic amines) is 1. The molecule has 138 valence electrons. The zero-order valence-corrected chi connectivity index (χ0v) is 15.6. The first kappa shape index (κ1) is 16.5. The van der Waals surface area contributed by atoms with Crippen LogP contribution in [-0.2, 0) is 19.5 Å². The predicted molar refractivity (Wildman–Crippen MR) is 104 cm³/mol. The first-order valence-electron chi connectivity index (χ1n) is 9.61. The molecule has 2 aliphatic rings. The molecule has 2 aromatic heterocycles. The minimum Gasteiger partial charge on any atom is -0.497 e. The monoisotopic (exact) mass is 360 g/mol. The Bertz CT molecular complexity index is 919. The maximum atomic E-state index is 5.28. The lowest BCUT2D eigenvalue weighted by Gasteiger charge is -2.27. The maximum absolute atomic E-state index is 5.28. The molecule has 4 heterocycles. The van der Waals surface area contributed by atoms with Crippen molar-refractivity contribution in [3.05, 3.63) is 66.4 Å². The zero-order valence-electron chi connectivity index (χ0n) is 15.6. The van der Waals surface area contributed by atoms with Crippen LogP contribution in [0.15, 0.2) is 54.9 Å². The van der Waals surface area contributed by atoms with Gasteiger partial charge in [-0.15, -0.1) is 0 Å². The van der Waals surface area contributed by atoms with E-state index >= 15 is 0 Å². The van der Waals surface area contributed by atoms with E-state index in [9.17, 15) is 0 Å². The van der Waals surface area contributed by atoms with E-state index in [-0.39, 0.29) is 0 Å². The molecule has 5 nitrogen and oxygen atoms in total. The molecule has 5 heteroatoms. The number of hydrogen-bond acceptors (Lipinski definition) is 4. The standard InChI is InChI=1S/C22H24N4O/c1-27-20-7-5-16(6-8-20)21-11-24-22-10-17-12-25(13-18(17)14-26(21)22)15-19-4-2-3-9-23-19/h2-9,11,17-18H,10,12-15H2,1H3. The third-order valence-corrected chi connectivity index (χ3v) is 5.95. The van der Waals surface area contributed by atoms with Crippen LogP contribution in [0.5, 0.6) is 5.75 Å². The van der Waals surface area contributed by atoms with E-state index in [4.69, 9.17) is 9.72 Å². The Kier molecular flexibility index (Phi) is 4.17. The van der Waals surface area contributed by atoms with Gasteiger partial charge in [0.25, 0.3) is 0 Å². The van der Waals surface area contributed by atoms with Crippen LogP contribution >= 0.6 is 0 Å². The highest BCUT2D eigenvalue weighted by molar-refractivity contribution is 5.60. The van der Waals surface area contributed by atoms with Crippen molar-refractivity contribution in [3.63, 3.8) is 0 Å². The molecule has 0 radical (unpaired) electrons. The van der Waals surface area contributed by atoms with Crippen LogP contribution in [0.3, 0.4) is 0 Å². The molecule has 5 rings (SSSR count). The normalized spacial score (nSPS) is 21.7. The average molecular weight is 360 g/mol. The summed E-state index contributed by atoms with van der Waals surface area (Å²) in [6.45, 7) is 4.29. The van der Waals surface area contributed by atoms with Gasteiger partial charge in [0.1, 0.15) is 11.6 Å². The molecule has 2 aliphatic heterocycles. The summed E-state index contributed by atoms with van der Waals surface area (Å²) in [5.74, 6) is 3.50. The molecule has 2 unspecified atom stereocenters. The number of ether oxygens (including phenoxy) is 1. The molecule has 0 saturated carbocycles. The number of fused-ring (bicyclic) bond motifs is 2. The van der Waals surface area contributed by atoms with Gasteiger partial charge in [-0.3, -0.25) is 9.88 Å². The second-order valence-corrected chi connectivity index (χ2v) is 7.64. The fourth-order valence-electron chi connectivity index (χ4n) is 4.57. The molecular formula is C22H24N4O. The van der Waals surface area contributed by atoms with Crippen LogP contribution in [0.4, 0.5) is 0 Å². The first-order valence-corrected chi connectivity index (χ1v) is 9.61. The summed E-state index contributed by atoms with van der Waals surface area (Å²) >= 11 is 0. The van der Waals surface area contributed by atoms with Gasteiger partial charge < -0.3 is 9.30 Å². The number of nitrogens with zero attached hydrogens (tertiary/aromatic N) is 4. The largest absolute Gasteiger partial charge is 0.497 e. The highest BCUT2D eigenvalue weighted by atomic mass is 16.5. The summed E-state index contributed by atoms with van der Waals surface area (Å²) in [6, 6.07) is 14.5. The predicted octanol–water partition coefficient (Wildman–Crippen LogP) is 3.26. The van der Waals surface area contributed by atoms with E-state index < -0.39 is 0 Å². The Morgan fingerprint density at radius 3 is 2.63 bits per heavy atom. The van der Waals surface area contributed by atoms with Gasteiger partial charge in [-0.25, -0.2) is 4.98 Å². The van der Waals surface area contributed by atoms with Crippen LogP contribution in [-0.4, -0.2) is 39.6 Å².